The van der Waals surface area contributed by atoms with Crippen molar-refractivity contribution in [1.29, 1.82) is 0 Å². The highest BCUT2D eigenvalue weighted by Crippen LogP contribution is 2.66. The second-order valence-electron chi connectivity index (χ2n) is 11.4. The maximum Gasteiger partial charge on any atom is 0.336 e. The van der Waals surface area contributed by atoms with Gasteiger partial charge in [-0.3, -0.25) is 13.7 Å². The van der Waals surface area contributed by atoms with Gasteiger partial charge in [0.1, 0.15) is 24.2 Å². The van der Waals surface area contributed by atoms with Crippen LogP contribution in [0, 0.1) is 16.7 Å². The summed E-state index contributed by atoms with van der Waals surface area (Å²) in [6.07, 6.45) is -0.612. The Kier molecular flexibility index (Phi) is 7.04. The van der Waals surface area contributed by atoms with Gasteiger partial charge in [-0.05, 0) is 47.6 Å². The predicted octanol–water partition coefficient (Wildman–Crippen LogP) is 1.64. The molecule has 2 aromatic heterocycles. The predicted molar refractivity (Wildman–Crippen MR) is 138 cm³/mol. The van der Waals surface area contributed by atoms with E-state index in [0.717, 1.165) is 12.8 Å². The Morgan fingerprint density at radius 2 is 1.89 bits per heavy atom. The first-order valence-corrected chi connectivity index (χ1v) is 16.3. The molecule has 2 bridgehead atoms. The summed E-state index contributed by atoms with van der Waals surface area (Å²) in [6, 6.07) is 0.156. The number of aliphatic hydroxyl groups is 2. The average Bonchev–Trinajstić information content (AvgIpc) is 3.44. The smallest absolute Gasteiger partial charge is 0.336 e. The van der Waals surface area contributed by atoms with Crippen molar-refractivity contribution in [3.8, 4) is 0 Å². The average molecular weight is 595 g/mol. The van der Waals surface area contributed by atoms with Crippen LogP contribution < -0.4 is 10.4 Å². The first kappa shape index (κ1) is 28.4. The van der Waals surface area contributed by atoms with Gasteiger partial charge in [0.2, 0.25) is 5.28 Å². The molecule has 3 heterocycles. The quantitative estimate of drug-likeness (QED) is 0.171. The van der Waals surface area contributed by atoms with E-state index in [9.17, 15) is 24.2 Å². The maximum atomic E-state index is 12.1. The molecule has 2 saturated carbocycles. The van der Waals surface area contributed by atoms with Crippen LogP contribution in [0.15, 0.2) is 6.33 Å². The van der Waals surface area contributed by atoms with E-state index in [2.05, 4.69) is 46.1 Å². The van der Waals surface area contributed by atoms with Crippen molar-refractivity contribution in [2.24, 2.45) is 16.7 Å². The van der Waals surface area contributed by atoms with Crippen molar-refractivity contribution in [3.63, 3.8) is 0 Å². The number of nitrogens with zero attached hydrogens (tertiary/aromatic N) is 4. The second-order valence-corrected chi connectivity index (χ2v) is 15.9. The molecule has 2 aliphatic carbocycles. The first-order chi connectivity index (χ1) is 17.5. The SMILES string of the molecule is CC1(C)C2CC[C@@]1(C)C(Nc1nc(Cl)nc3c1ncn3C1OC(CNP(=O)(O)CP(=O)(O)O)C(O)C1O)C2. The van der Waals surface area contributed by atoms with E-state index in [1.54, 1.807) is 0 Å². The zero-order chi connectivity index (χ0) is 27.8. The molecular weight excluding hydrogens is 562 g/mol. The third-order valence-electron chi connectivity index (χ3n) is 9.03. The number of nitrogens with one attached hydrogen (secondary N) is 2. The summed E-state index contributed by atoms with van der Waals surface area (Å²) in [5.74, 6) is -0.219. The molecule has 2 aromatic rings. The fourth-order valence-electron chi connectivity index (χ4n) is 6.42. The van der Waals surface area contributed by atoms with E-state index in [1.165, 1.54) is 17.3 Å². The third-order valence-corrected chi connectivity index (χ3v) is 12.9. The summed E-state index contributed by atoms with van der Waals surface area (Å²) < 4.78 is 30.4. The highest BCUT2D eigenvalue weighted by Gasteiger charge is 2.61. The Morgan fingerprint density at radius 1 is 1.18 bits per heavy atom. The number of halogens is 1. The molecule has 17 heteroatoms. The van der Waals surface area contributed by atoms with Crippen LogP contribution in [0.2, 0.25) is 5.28 Å². The minimum atomic E-state index is -4.76. The van der Waals surface area contributed by atoms with Crippen LogP contribution in [0.4, 0.5) is 5.82 Å². The molecule has 3 fully saturated rings. The van der Waals surface area contributed by atoms with Crippen molar-refractivity contribution >= 4 is 43.7 Å². The fraction of sp³-hybridized carbons (Fsp3) is 0.762. The molecule has 1 aliphatic heterocycles. The summed E-state index contributed by atoms with van der Waals surface area (Å²) in [4.78, 5) is 40.9. The number of hydrogen-bond donors (Lipinski definition) is 7. The van der Waals surface area contributed by atoms with Crippen molar-refractivity contribution in [2.45, 2.75) is 70.6 Å². The van der Waals surface area contributed by atoms with Gasteiger partial charge < -0.3 is 34.9 Å². The molecule has 0 radical (unpaired) electrons. The van der Waals surface area contributed by atoms with Gasteiger partial charge in [-0.2, -0.15) is 9.97 Å². The van der Waals surface area contributed by atoms with Crippen molar-refractivity contribution < 1.29 is 38.8 Å². The normalized spacial score (nSPS) is 36.1. The molecule has 212 valence electrons. The Balaban J connectivity index is 1.37. The summed E-state index contributed by atoms with van der Waals surface area (Å²) in [7, 11) is -9.20. The molecular formula is C21H33ClN6O8P2. The Morgan fingerprint density at radius 3 is 2.50 bits per heavy atom. The standard InChI is InChI=1S/C21H33ClN6O8P2/c1-20(2)10-4-5-21(20,3)12(6-10)25-16-13-17(27-19(22)26-16)28(8-23-13)18-15(30)14(29)11(36-18)7-24-37(31,32)9-38(33,34)35/h8,10-12,14-15,18,29-30H,4-7,9H2,1-3H3,(H2,24,31,32)(H,25,26,27)(H2,33,34,35)/t10?,11?,12?,14?,15?,18?,21-/m0/s1. The lowest BCUT2D eigenvalue weighted by atomic mass is 9.69. The van der Waals surface area contributed by atoms with E-state index in [-0.39, 0.29) is 27.8 Å². The van der Waals surface area contributed by atoms with Gasteiger partial charge in [0, 0.05) is 12.6 Å². The zero-order valence-electron chi connectivity index (χ0n) is 21.1. The Labute approximate surface area is 223 Å². The number of imidazole rings is 1. The van der Waals surface area contributed by atoms with Crippen LogP contribution in [-0.2, 0) is 13.9 Å². The van der Waals surface area contributed by atoms with Gasteiger partial charge >= 0.3 is 7.60 Å². The number of aromatic nitrogens is 4. The van der Waals surface area contributed by atoms with E-state index in [1.807, 2.05) is 0 Å². The summed E-state index contributed by atoms with van der Waals surface area (Å²) >= 11 is 6.27. The number of hydrogen-bond acceptors (Lipinski definition) is 9. The van der Waals surface area contributed by atoms with Crippen LogP contribution in [-0.4, -0.2) is 81.2 Å². The Hall–Kier alpha value is -1.18. The highest BCUT2D eigenvalue weighted by molar-refractivity contribution is 7.71. The van der Waals surface area contributed by atoms with Crippen LogP contribution in [0.1, 0.15) is 46.3 Å². The molecule has 38 heavy (non-hydrogen) atoms. The molecule has 14 nitrogen and oxygen atoms in total. The van der Waals surface area contributed by atoms with Gasteiger partial charge in [0.05, 0.1) is 6.33 Å². The number of ether oxygens (including phenoxy) is 1. The maximum absolute atomic E-state index is 12.1. The first-order valence-electron chi connectivity index (χ1n) is 12.3. The van der Waals surface area contributed by atoms with E-state index < -0.39 is 52.1 Å². The monoisotopic (exact) mass is 594 g/mol. The van der Waals surface area contributed by atoms with E-state index >= 15 is 0 Å². The molecule has 8 atom stereocenters. The fourth-order valence-corrected chi connectivity index (χ4v) is 9.45. The summed E-state index contributed by atoms with van der Waals surface area (Å²) in [5, 5.41) is 26.9. The van der Waals surface area contributed by atoms with Crippen LogP contribution in [0.5, 0.6) is 0 Å². The van der Waals surface area contributed by atoms with Crippen LogP contribution in [0.25, 0.3) is 11.2 Å². The lowest BCUT2D eigenvalue weighted by Crippen LogP contribution is -2.40. The van der Waals surface area contributed by atoms with Crippen molar-refractivity contribution in [1.82, 2.24) is 24.6 Å². The zero-order valence-corrected chi connectivity index (χ0v) is 23.6. The summed E-state index contributed by atoms with van der Waals surface area (Å²) in [5.41, 5.74) is 0.904. The second kappa shape index (κ2) is 9.44. The van der Waals surface area contributed by atoms with Crippen LogP contribution >= 0.6 is 26.7 Å². The van der Waals surface area contributed by atoms with E-state index in [4.69, 9.17) is 26.1 Å². The highest BCUT2D eigenvalue weighted by atomic mass is 35.5. The minimum absolute atomic E-state index is 0.0424. The largest absolute Gasteiger partial charge is 0.387 e. The van der Waals surface area contributed by atoms with E-state index in [0.29, 0.717) is 17.3 Å². The number of fused-ring (bicyclic) bond motifs is 3. The van der Waals surface area contributed by atoms with Crippen molar-refractivity contribution in [3.05, 3.63) is 11.6 Å². The van der Waals surface area contributed by atoms with Gasteiger partial charge in [-0.15, -0.1) is 0 Å². The lowest BCUT2D eigenvalue weighted by Gasteiger charge is -2.39. The molecule has 0 spiro atoms. The molecule has 7 unspecified atom stereocenters. The minimum Gasteiger partial charge on any atom is -0.387 e. The van der Waals surface area contributed by atoms with Gasteiger partial charge in [-0.1, -0.05) is 20.8 Å². The molecule has 5 rings (SSSR count). The van der Waals surface area contributed by atoms with Gasteiger partial charge in [0.25, 0.3) is 7.52 Å². The molecule has 0 amide bonds. The van der Waals surface area contributed by atoms with Gasteiger partial charge in [0.15, 0.2) is 23.2 Å². The topological polar surface area (TPSA) is 212 Å². The molecule has 7 N–H and O–H groups in total. The molecule has 1 saturated heterocycles. The van der Waals surface area contributed by atoms with Crippen molar-refractivity contribution in [2.75, 3.05) is 17.8 Å². The molecule has 3 aliphatic rings. The summed E-state index contributed by atoms with van der Waals surface area (Å²) in [6.45, 7) is 6.45. The number of aliphatic hydroxyl groups excluding tert-OH is 2. The Bertz CT molecular complexity index is 1340. The van der Waals surface area contributed by atoms with Crippen LogP contribution in [0.3, 0.4) is 0 Å². The molecule has 0 aromatic carbocycles. The third kappa shape index (κ3) is 4.83. The lowest BCUT2D eigenvalue weighted by molar-refractivity contribution is -0.0331. The van der Waals surface area contributed by atoms with Gasteiger partial charge in [-0.25, -0.2) is 10.1 Å². The number of anilines is 1. The number of rotatable bonds is 8.